The minimum absolute atomic E-state index is 0.0347. The van der Waals surface area contributed by atoms with E-state index in [2.05, 4.69) is 10.3 Å². The van der Waals surface area contributed by atoms with Crippen molar-refractivity contribution in [2.75, 3.05) is 18.6 Å². The van der Waals surface area contributed by atoms with E-state index in [1.165, 1.54) is 18.1 Å². The van der Waals surface area contributed by atoms with Crippen molar-refractivity contribution in [2.45, 2.75) is 77.2 Å². The Kier molecular flexibility index (Phi) is 7.66. The number of pyridine rings is 1. The van der Waals surface area contributed by atoms with Crippen LogP contribution in [0, 0.1) is 5.82 Å². The molecule has 2 amide bonds. The fourth-order valence-corrected chi connectivity index (χ4v) is 4.43. The monoisotopic (exact) mass is 498 g/mol. The lowest BCUT2D eigenvalue weighted by Crippen LogP contribution is -2.47. The average molecular weight is 499 g/mol. The predicted molar refractivity (Wildman–Crippen MR) is 134 cm³/mol. The quantitative estimate of drug-likeness (QED) is 0.580. The van der Waals surface area contributed by atoms with Crippen molar-refractivity contribution in [3.63, 3.8) is 0 Å². The van der Waals surface area contributed by atoms with E-state index in [9.17, 15) is 9.59 Å². The van der Waals surface area contributed by atoms with E-state index in [0.29, 0.717) is 31.5 Å². The number of rotatable bonds is 8. The second-order valence-electron chi connectivity index (χ2n) is 10.4. The molecule has 2 fully saturated rings. The van der Waals surface area contributed by atoms with Gasteiger partial charge in [0.25, 0.3) is 0 Å². The standard InChI is InChI=1S/C27H35FN4O4/c1-27(2,3)36-26(34)31-14-8-11-22(31)24(33)29-16-19-15-21(28)23(30-25(19)35-4)32(20-12-13-20)17-18-9-6-5-7-10-18/h5-7,9-10,15,20,22H,8,11-14,16-17H2,1-4H3,(H,29,33)/t22-/m0/s1. The van der Waals surface area contributed by atoms with Crippen LogP contribution in [-0.2, 0) is 22.6 Å². The molecule has 1 N–H and O–H groups in total. The maximum absolute atomic E-state index is 15.3. The molecule has 1 aromatic carbocycles. The average Bonchev–Trinajstić information content (AvgIpc) is 3.55. The first-order valence-corrected chi connectivity index (χ1v) is 12.5. The number of hydrogen-bond acceptors (Lipinski definition) is 6. The van der Waals surface area contributed by atoms with Gasteiger partial charge in [-0.1, -0.05) is 30.3 Å². The van der Waals surface area contributed by atoms with Crippen molar-refractivity contribution in [1.29, 1.82) is 0 Å². The summed E-state index contributed by atoms with van der Waals surface area (Å²) in [6.07, 6.45) is 2.73. The molecule has 0 unspecified atom stereocenters. The predicted octanol–water partition coefficient (Wildman–Crippen LogP) is 4.41. The Labute approximate surface area is 211 Å². The van der Waals surface area contributed by atoms with Crippen molar-refractivity contribution in [3.8, 4) is 5.88 Å². The molecule has 9 heteroatoms. The number of aromatic nitrogens is 1. The van der Waals surface area contributed by atoms with Crippen LogP contribution in [0.5, 0.6) is 5.88 Å². The molecule has 2 heterocycles. The minimum atomic E-state index is -0.645. The fourth-order valence-electron chi connectivity index (χ4n) is 4.43. The Morgan fingerprint density at radius 3 is 2.56 bits per heavy atom. The molecule has 1 atom stereocenters. The number of benzene rings is 1. The Bertz CT molecular complexity index is 1090. The fraction of sp³-hybridized carbons (Fsp3) is 0.519. The van der Waals surface area contributed by atoms with Gasteiger partial charge in [-0.2, -0.15) is 4.98 Å². The molecule has 1 aliphatic heterocycles. The van der Waals surface area contributed by atoms with Gasteiger partial charge in [-0.25, -0.2) is 9.18 Å². The highest BCUT2D eigenvalue weighted by atomic mass is 19.1. The van der Waals surface area contributed by atoms with Crippen LogP contribution in [0.15, 0.2) is 36.4 Å². The van der Waals surface area contributed by atoms with E-state index in [0.717, 1.165) is 18.4 Å². The molecular formula is C27H35FN4O4. The van der Waals surface area contributed by atoms with Gasteiger partial charge >= 0.3 is 6.09 Å². The van der Waals surface area contributed by atoms with Gasteiger partial charge in [-0.15, -0.1) is 0 Å². The van der Waals surface area contributed by atoms with Crippen LogP contribution < -0.4 is 15.0 Å². The lowest BCUT2D eigenvalue weighted by atomic mass is 10.2. The number of anilines is 1. The maximum Gasteiger partial charge on any atom is 0.410 e. The van der Waals surface area contributed by atoms with Crippen LogP contribution in [-0.4, -0.2) is 53.2 Å². The number of likely N-dealkylation sites (tertiary alicyclic amines) is 1. The number of carbonyl (C=O) groups is 2. The molecule has 1 aromatic heterocycles. The second-order valence-corrected chi connectivity index (χ2v) is 10.4. The molecule has 1 saturated carbocycles. The molecule has 2 aliphatic rings. The van der Waals surface area contributed by atoms with Gasteiger partial charge in [-0.05, 0) is 58.1 Å². The summed E-state index contributed by atoms with van der Waals surface area (Å²) in [5.74, 6) is -0.256. The lowest BCUT2D eigenvalue weighted by Gasteiger charge is -2.28. The molecule has 2 aromatic rings. The van der Waals surface area contributed by atoms with Gasteiger partial charge in [0.1, 0.15) is 11.6 Å². The highest BCUT2D eigenvalue weighted by Gasteiger charge is 2.37. The van der Waals surface area contributed by atoms with Crippen molar-refractivity contribution in [1.82, 2.24) is 15.2 Å². The zero-order valence-corrected chi connectivity index (χ0v) is 21.4. The second kappa shape index (κ2) is 10.7. The van der Waals surface area contributed by atoms with Crippen molar-refractivity contribution in [2.24, 2.45) is 0 Å². The topological polar surface area (TPSA) is 84.0 Å². The van der Waals surface area contributed by atoms with Crippen LogP contribution in [0.2, 0.25) is 0 Å². The summed E-state index contributed by atoms with van der Waals surface area (Å²) < 4.78 is 26.2. The van der Waals surface area contributed by atoms with E-state index in [-0.39, 0.29) is 30.2 Å². The van der Waals surface area contributed by atoms with Gasteiger partial charge in [-0.3, -0.25) is 9.69 Å². The summed E-state index contributed by atoms with van der Waals surface area (Å²) in [5, 5.41) is 2.83. The first-order chi connectivity index (χ1) is 17.2. The van der Waals surface area contributed by atoms with E-state index in [1.54, 1.807) is 20.8 Å². The van der Waals surface area contributed by atoms with E-state index in [4.69, 9.17) is 9.47 Å². The Morgan fingerprint density at radius 1 is 1.19 bits per heavy atom. The zero-order chi connectivity index (χ0) is 25.9. The highest BCUT2D eigenvalue weighted by molar-refractivity contribution is 5.86. The van der Waals surface area contributed by atoms with Crippen molar-refractivity contribution < 1.29 is 23.5 Å². The van der Waals surface area contributed by atoms with Crippen LogP contribution in [0.4, 0.5) is 15.0 Å². The summed E-state index contributed by atoms with van der Waals surface area (Å²) >= 11 is 0. The molecule has 8 nitrogen and oxygen atoms in total. The molecule has 1 saturated heterocycles. The molecule has 0 spiro atoms. The smallest absolute Gasteiger partial charge is 0.410 e. The summed E-state index contributed by atoms with van der Waals surface area (Å²) in [6, 6.07) is 10.9. The molecule has 0 bridgehead atoms. The third-order valence-electron chi connectivity index (χ3n) is 6.28. The van der Waals surface area contributed by atoms with Crippen LogP contribution in [0.3, 0.4) is 0 Å². The Morgan fingerprint density at radius 2 is 1.92 bits per heavy atom. The summed E-state index contributed by atoms with van der Waals surface area (Å²) in [6.45, 7) is 6.41. The number of halogens is 1. The Balaban J connectivity index is 1.46. The number of carbonyl (C=O) groups excluding carboxylic acids is 2. The first-order valence-electron chi connectivity index (χ1n) is 12.5. The van der Waals surface area contributed by atoms with Crippen LogP contribution >= 0.6 is 0 Å². The lowest BCUT2D eigenvalue weighted by molar-refractivity contribution is -0.125. The van der Waals surface area contributed by atoms with Crippen molar-refractivity contribution >= 4 is 17.8 Å². The largest absolute Gasteiger partial charge is 0.481 e. The molecule has 0 radical (unpaired) electrons. The highest BCUT2D eigenvalue weighted by Crippen LogP contribution is 2.35. The molecule has 1 aliphatic carbocycles. The number of ether oxygens (including phenoxy) is 2. The molecule has 194 valence electrons. The van der Waals surface area contributed by atoms with Gasteiger partial charge in [0.05, 0.1) is 7.11 Å². The number of amides is 2. The number of nitrogens with one attached hydrogen (secondary N) is 1. The Hall–Kier alpha value is -3.36. The van der Waals surface area contributed by atoms with E-state index in [1.807, 2.05) is 35.2 Å². The number of methoxy groups -OCH3 is 1. The molecule has 36 heavy (non-hydrogen) atoms. The zero-order valence-electron chi connectivity index (χ0n) is 21.4. The van der Waals surface area contributed by atoms with Gasteiger partial charge in [0, 0.05) is 31.2 Å². The summed E-state index contributed by atoms with van der Waals surface area (Å²) in [5.41, 5.74) is 0.866. The summed E-state index contributed by atoms with van der Waals surface area (Å²) in [7, 11) is 1.48. The molecule has 4 rings (SSSR count). The van der Waals surface area contributed by atoms with Crippen LogP contribution in [0.25, 0.3) is 0 Å². The van der Waals surface area contributed by atoms with Gasteiger partial charge in [0.2, 0.25) is 11.8 Å². The molecular weight excluding hydrogens is 463 g/mol. The minimum Gasteiger partial charge on any atom is -0.481 e. The summed E-state index contributed by atoms with van der Waals surface area (Å²) in [4.78, 5) is 33.4. The third kappa shape index (κ3) is 6.25. The number of hydrogen-bond donors (Lipinski definition) is 1. The van der Waals surface area contributed by atoms with Gasteiger partial charge in [0.15, 0.2) is 11.6 Å². The normalized spacial score (nSPS) is 17.6. The third-order valence-corrected chi connectivity index (χ3v) is 6.28. The van der Waals surface area contributed by atoms with Crippen LogP contribution in [0.1, 0.15) is 57.6 Å². The first kappa shape index (κ1) is 25.7. The van der Waals surface area contributed by atoms with E-state index >= 15 is 4.39 Å². The van der Waals surface area contributed by atoms with E-state index < -0.39 is 23.6 Å². The SMILES string of the molecule is COc1nc(N(Cc2ccccc2)C2CC2)c(F)cc1CNC(=O)[C@@H]1CCCN1C(=O)OC(C)(C)C. The number of nitrogens with zero attached hydrogens (tertiary/aromatic N) is 3. The van der Waals surface area contributed by atoms with Crippen molar-refractivity contribution in [3.05, 3.63) is 53.3 Å². The van der Waals surface area contributed by atoms with Gasteiger partial charge < -0.3 is 19.7 Å². The maximum atomic E-state index is 15.3.